The summed E-state index contributed by atoms with van der Waals surface area (Å²) in [4.78, 5) is 30.5. The molecule has 2 aromatic heterocycles. The third kappa shape index (κ3) is 6.19. The van der Waals surface area contributed by atoms with E-state index in [0.29, 0.717) is 29.4 Å². The summed E-state index contributed by atoms with van der Waals surface area (Å²) >= 11 is 0. The molecule has 172 valence electrons. The van der Waals surface area contributed by atoms with Crippen LogP contribution in [0, 0.1) is 12.8 Å². The molecule has 1 fully saturated rings. The first-order chi connectivity index (χ1) is 16.0. The Hall–Kier alpha value is -3.68. The highest BCUT2D eigenvalue weighted by Gasteiger charge is 2.27. The topological polar surface area (TPSA) is 101 Å². The minimum atomic E-state index is -0.615. The molecule has 4 rings (SSSR count). The van der Waals surface area contributed by atoms with Gasteiger partial charge >= 0.3 is 0 Å². The molecule has 1 atom stereocenters. The number of anilines is 3. The lowest BCUT2D eigenvalue weighted by Crippen LogP contribution is -2.44. The van der Waals surface area contributed by atoms with Crippen LogP contribution in [0.2, 0.25) is 0 Å². The Bertz CT molecular complexity index is 1100. The van der Waals surface area contributed by atoms with Crippen molar-refractivity contribution < 1.29 is 9.59 Å². The van der Waals surface area contributed by atoms with Crippen molar-refractivity contribution in [1.29, 1.82) is 0 Å². The molecule has 0 aliphatic heterocycles. The zero-order chi connectivity index (χ0) is 23.2. The molecule has 8 nitrogen and oxygen atoms in total. The van der Waals surface area contributed by atoms with Gasteiger partial charge in [-0.15, -0.1) is 0 Å². The summed E-state index contributed by atoms with van der Waals surface area (Å²) < 4.78 is 1.63. The van der Waals surface area contributed by atoms with E-state index in [0.717, 1.165) is 24.1 Å². The van der Waals surface area contributed by atoms with Gasteiger partial charge in [-0.3, -0.25) is 14.3 Å². The fourth-order valence-electron chi connectivity index (χ4n) is 4.20. The molecular formula is C25H30N6O2. The van der Waals surface area contributed by atoms with Crippen LogP contribution in [-0.2, 0) is 11.8 Å². The normalized spacial score (nSPS) is 14.6. The Balaban J connectivity index is 1.46. The van der Waals surface area contributed by atoms with E-state index in [4.69, 9.17) is 0 Å². The van der Waals surface area contributed by atoms with E-state index in [1.807, 2.05) is 31.2 Å². The van der Waals surface area contributed by atoms with Crippen molar-refractivity contribution in [3.05, 3.63) is 66.1 Å². The molecule has 8 heteroatoms. The predicted molar refractivity (Wildman–Crippen MR) is 128 cm³/mol. The third-order valence-corrected chi connectivity index (χ3v) is 5.95. The summed E-state index contributed by atoms with van der Waals surface area (Å²) in [5.74, 6) is 0.643. The number of carbonyl (C=O) groups excluding carboxylic acids is 2. The molecule has 2 amide bonds. The van der Waals surface area contributed by atoms with Crippen molar-refractivity contribution in [2.45, 2.75) is 45.1 Å². The molecule has 0 saturated heterocycles. The van der Waals surface area contributed by atoms with E-state index in [-0.39, 0.29) is 11.8 Å². The first kappa shape index (κ1) is 22.5. The first-order valence-electron chi connectivity index (χ1n) is 11.4. The van der Waals surface area contributed by atoms with Crippen LogP contribution in [0.1, 0.15) is 48.0 Å². The minimum absolute atomic E-state index is 0.221. The van der Waals surface area contributed by atoms with Crippen LogP contribution >= 0.6 is 0 Å². The van der Waals surface area contributed by atoms with Gasteiger partial charge in [-0.05, 0) is 49.1 Å². The Morgan fingerprint density at radius 3 is 2.64 bits per heavy atom. The Morgan fingerprint density at radius 2 is 1.94 bits per heavy atom. The monoisotopic (exact) mass is 446 g/mol. The van der Waals surface area contributed by atoms with Crippen LogP contribution in [0.5, 0.6) is 0 Å². The molecule has 1 aliphatic carbocycles. The maximum atomic E-state index is 13.1. The standard InChI is InChI=1S/C25H30N6O2/c1-17-10-11-23(26-14-17)28-20-9-5-8-19(13-20)24(32)30-22(12-18-6-3-4-7-18)25(33)29-21-15-27-31(2)16-21/h5,8-11,13-16,18,22H,3-4,6-7,12H2,1-2H3,(H,26,28)(H,29,33)(H,30,32)/t22-/m0/s1. The summed E-state index contributed by atoms with van der Waals surface area (Å²) in [5.41, 5.74) is 2.93. The van der Waals surface area contributed by atoms with Gasteiger partial charge in [0.05, 0.1) is 11.9 Å². The highest BCUT2D eigenvalue weighted by atomic mass is 16.2. The Labute approximate surface area is 193 Å². The van der Waals surface area contributed by atoms with Crippen molar-refractivity contribution >= 4 is 29.0 Å². The molecular weight excluding hydrogens is 416 g/mol. The molecule has 2 heterocycles. The summed E-state index contributed by atoms with van der Waals surface area (Å²) in [7, 11) is 1.79. The highest BCUT2D eigenvalue weighted by Crippen LogP contribution is 2.29. The van der Waals surface area contributed by atoms with Crippen molar-refractivity contribution in [2.75, 3.05) is 10.6 Å². The van der Waals surface area contributed by atoms with Crippen LogP contribution in [0.15, 0.2) is 55.0 Å². The fraction of sp³-hybridized carbons (Fsp3) is 0.360. The van der Waals surface area contributed by atoms with Crippen LogP contribution in [0.3, 0.4) is 0 Å². The smallest absolute Gasteiger partial charge is 0.252 e. The molecule has 1 aromatic carbocycles. The quantitative estimate of drug-likeness (QED) is 0.482. The van der Waals surface area contributed by atoms with Crippen molar-refractivity contribution in [3.8, 4) is 0 Å². The number of nitrogens with zero attached hydrogens (tertiary/aromatic N) is 3. The number of nitrogens with one attached hydrogen (secondary N) is 3. The van der Waals surface area contributed by atoms with Gasteiger partial charge in [0.15, 0.2) is 0 Å². The zero-order valence-corrected chi connectivity index (χ0v) is 19.0. The summed E-state index contributed by atoms with van der Waals surface area (Å²) in [6.07, 6.45) is 10.3. The molecule has 0 unspecified atom stereocenters. The van der Waals surface area contributed by atoms with Crippen LogP contribution in [-0.4, -0.2) is 32.6 Å². The van der Waals surface area contributed by atoms with Gasteiger partial charge in [-0.2, -0.15) is 5.10 Å². The summed E-state index contributed by atoms with van der Waals surface area (Å²) in [5, 5.41) is 13.2. The zero-order valence-electron chi connectivity index (χ0n) is 19.0. The number of pyridine rings is 1. The molecule has 0 spiro atoms. The largest absolute Gasteiger partial charge is 0.340 e. The summed E-state index contributed by atoms with van der Waals surface area (Å²) in [6, 6.07) is 10.5. The lowest BCUT2D eigenvalue weighted by atomic mass is 9.97. The summed E-state index contributed by atoms with van der Waals surface area (Å²) in [6.45, 7) is 1.98. The second kappa shape index (κ2) is 10.3. The van der Waals surface area contributed by atoms with Crippen molar-refractivity contribution in [3.63, 3.8) is 0 Å². The molecule has 3 N–H and O–H groups in total. The number of hydrogen-bond acceptors (Lipinski definition) is 5. The predicted octanol–water partition coefficient (Wildman–Crippen LogP) is 4.18. The first-order valence-corrected chi connectivity index (χ1v) is 11.4. The van der Waals surface area contributed by atoms with Crippen molar-refractivity contribution in [2.24, 2.45) is 13.0 Å². The SMILES string of the molecule is Cc1ccc(Nc2cccc(C(=O)N[C@@H](CC3CCCC3)C(=O)Nc3cnn(C)c3)c2)nc1. The van der Waals surface area contributed by atoms with E-state index in [9.17, 15) is 9.59 Å². The van der Waals surface area contributed by atoms with Gasteiger partial charge < -0.3 is 16.0 Å². The van der Waals surface area contributed by atoms with Crippen LogP contribution in [0.25, 0.3) is 0 Å². The van der Waals surface area contributed by atoms with E-state index < -0.39 is 6.04 Å². The minimum Gasteiger partial charge on any atom is -0.340 e. The lowest BCUT2D eigenvalue weighted by molar-refractivity contribution is -0.118. The van der Waals surface area contributed by atoms with E-state index in [1.54, 1.807) is 42.5 Å². The lowest BCUT2D eigenvalue weighted by Gasteiger charge is -2.21. The van der Waals surface area contributed by atoms with E-state index >= 15 is 0 Å². The Kier molecular flexibility index (Phi) is 7.02. The Morgan fingerprint density at radius 1 is 1.12 bits per heavy atom. The van der Waals surface area contributed by atoms with Crippen molar-refractivity contribution in [1.82, 2.24) is 20.1 Å². The number of benzene rings is 1. The van der Waals surface area contributed by atoms with Gasteiger partial charge in [0, 0.05) is 30.7 Å². The number of amides is 2. The van der Waals surface area contributed by atoms with Gasteiger partial charge in [0.25, 0.3) is 5.91 Å². The molecule has 0 radical (unpaired) electrons. The van der Waals surface area contributed by atoms with Gasteiger partial charge in [0.2, 0.25) is 5.91 Å². The molecule has 0 bridgehead atoms. The van der Waals surface area contributed by atoms with Crippen LogP contribution in [0.4, 0.5) is 17.2 Å². The van der Waals surface area contributed by atoms with Gasteiger partial charge in [-0.25, -0.2) is 4.98 Å². The molecule has 1 saturated carbocycles. The maximum absolute atomic E-state index is 13.1. The van der Waals surface area contributed by atoms with E-state index in [1.165, 1.54) is 12.8 Å². The number of rotatable bonds is 8. The van der Waals surface area contributed by atoms with Crippen LogP contribution < -0.4 is 16.0 Å². The second-order valence-electron chi connectivity index (χ2n) is 8.73. The van der Waals surface area contributed by atoms with Gasteiger partial charge in [-0.1, -0.05) is 37.8 Å². The third-order valence-electron chi connectivity index (χ3n) is 5.95. The number of carbonyl (C=O) groups is 2. The van der Waals surface area contributed by atoms with Gasteiger partial charge in [0.1, 0.15) is 11.9 Å². The maximum Gasteiger partial charge on any atom is 0.252 e. The number of aryl methyl sites for hydroxylation is 2. The van der Waals surface area contributed by atoms with E-state index in [2.05, 4.69) is 26.0 Å². The molecule has 1 aliphatic rings. The average Bonchev–Trinajstić information content (AvgIpc) is 3.46. The molecule has 3 aromatic rings. The second-order valence-corrected chi connectivity index (χ2v) is 8.73. The fourth-order valence-corrected chi connectivity index (χ4v) is 4.20. The molecule has 33 heavy (non-hydrogen) atoms. The average molecular weight is 447 g/mol. The number of hydrogen-bond donors (Lipinski definition) is 3. The number of aromatic nitrogens is 3. The highest BCUT2D eigenvalue weighted by molar-refractivity contribution is 6.01.